The van der Waals surface area contributed by atoms with Crippen LogP contribution in [0.15, 0.2) is 47.6 Å². The van der Waals surface area contributed by atoms with Gasteiger partial charge in [-0.2, -0.15) is 0 Å². The Hall–Kier alpha value is -2.96. The van der Waals surface area contributed by atoms with Crippen LogP contribution in [0.1, 0.15) is 28.8 Å². The summed E-state index contributed by atoms with van der Waals surface area (Å²) in [5, 5.41) is 15.9. The fourth-order valence-electron chi connectivity index (χ4n) is 2.49. The molecule has 2 aromatic rings. The smallest absolute Gasteiger partial charge is 0.251 e. The number of hydrogen-bond acceptors (Lipinski definition) is 4. The summed E-state index contributed by atoms with van der Waals surface area (Å²) in [4.78, 5) is 17.2. The van der Waals surface area contributed by atoms with Gasteiger partial charge in [0.15, 0.2) is 11.6 Å². The number of nitrogens with zero attached hydrogens (tertiary/aromatic N) is 1. The van der Waals surface area contributed by atoms with Gasteiger partial charge in [0.05, 0.1) is 5.71 Å². The van der Waals surface area contributed by atoms with Crippen LogP contribution in [0.3, 0.4) is 0 Å². The highest BCUT2D eigenvalue weighted by atomic mass is 19.1. The van der Waals surface area contributed by atoms with Gasteiger partial charge < -0.3 is 15.3 Å². The highest BCUT2D eigenvalue weighted by Gasteiger charge is 2.22. The molecule has 1 aliphatic rings. The number of aromatic hydroxyl groups is 1. The van der Waals surface area contributed by atoms with E-state index in [1.54, 1.807) is 6.07 Å². The topological polar surface area (TPSA) is 70.9 Å². The third-order valence-electron chi connectivity index (χ3n) is 3.87. The van der Waals surface area contributed by atoms with E-state index in [9.17, 15) is 18.7 Å². The first-order chi connectivity index (χ1) is 12.0. The molecule has 7 heteroatoms. The van der Waals surface area contributed by atoms with E-state index in [0.717, 1.165) is 0 Å². The van der Waals surface area contributed by atoms with Crippen molar-refractivity contribution in [2.75, 3.05) is 6.54 Å². The standard InChI is InChI=1S/C18H16F2N2O3/c19-13-4-1-11(2-5-13)18(24)21-8-7-14-10-16(22-25-14)12-3-6-17(23)15(20)9-12/h1-6,9,14,23H,7-8,10H2,(H,21,24). The average molecular weight is 346 g/mol. The molecule has 0 aliphatic carbocycles. The van der Waals surface area contributed by atoms with Crippen molar-refractivity contribution in [2.24, 2.45) is 5.16 Å². The summed E-state index contributed by atoms with van der Waals surface area (Å²) in [6.07, 6.45) is 0.789. The Morgan fingerprint density at radius 2 is 2.00 bits per heavy atom. The van der Waals surface area contributed by atoms with E-state index in [1.165, 1.54) is 36.4 Å². The number of nitrogens with one attached hydrogen (secondary N) is 1. The number of benzene rings is 2. The average Bonchev–Trinajstić information content (AvgIpc) is 3.07. The fourth-order valence-corrected chi connectivity index (χ4v) is 2.49. The van der Waals surface area contributed by atoms with Gasteiger partial charge in [-0.05, 0) is 42.5 Å². The van der Waals surface area contributed by atoms with Gasteiger partial charge in [0, 0.05) is 30.5 Å². The van der Waals surface area contributed by atoms with Crippen molar-refractivity contribution in [3.8, 4) is 5.75 Å². The number of halogens is 2. The maximum absolute atomic E-state index is 13.4. The lowest BCUT2D eigenvalue weighted by Crippen LogP contribution is -2.27. The molecule has 5 nitrogen and oxygen atoms in total. The normalized spacial score (nSPS) is 16.2. The summed E-state index contributed by atoms with van der Waals surface area (Å²) in [7, 11) is 0. The van der Waals surface area contributed by atoms with E-state index < -0.39 is 17.4 Å². The first-order valence-corrected chi connectivity index (χ1v) is 7.78. The molecular formula is C18H16F2N2O3. The van der Waals surface area contributed by atoms with Gasteiger partial charge in [-0.3, -0.25) is 4.79 Å². The van der Waals surface area contributed by atoms with Crippen LogP contribution in [-0.2, 0) is 4.84 Å². The van der Waals surface area contributed by atoms with Gasteiger partial charge in [-0.25, -0.2) is 8.78 Å². The Balaban J connectivity index is 1.47. The molecule has 0 fully saturated rings. The van der Waals surface area contributed by atoms with Crippen molar-refractivity contribution < 1.29 is 23.5 Å². The Morgan fingerprint density at radius 1 is 1.24 bits per heavy atom. The van der Waals surface area contributed by atoms with Gasteiger partial charge in [0.2, 0.25) is 0 Å². The minimum absolute atomic E-state index is 0.222. The number of carbonyl (C=O) groups is 1. The summed E-state index contributed by atoms with van der Waals surface area (Å²) in [6, 6.07) is 9.32. The van der Waals surface area contributed by atoms with Gasteiger partial charge in [-0.1, -0.05) is 5.16 Å². The van der Waals surface area contributed by atoms with Crippen LogP contribution < -0.4 is 5.32 Å². The number of carbonyl (C=O) groups excluding carboxylic acids is 1. The minimum Gasteiger partial charge on any atom is -0.505 e. The quantitative estimate of drug-likeness (QED) is 0.874. The molecule has 3 rings (SSSR count). The molecule has 2 N–H and O–H groups in total. The van der Waals surface area contributed by atoms with E-state index in [4.69, 9.17) is 4.84 Å². The van der Waals surface area contributed by atoms with Gasteiger partial charge in [-0.15, -0.1) is 0 Å². The molecule has 25 heavy (non-hydrogen) atoms. The van der Waals surface area contributed by atoms with Crippen LogP contribution in [-0.4, -0.2) is 29.4 Å². The van der Waals surface area contributed by atoms with Gasteiger partial charge >= 0.3 is 0 Å². The second-order valence-electron chi connectivity index (χ2n) is 5.69. The first kappa shape index (κ1) is 16.9. The van der Waals surface area contributed by atoms with E-state index in [2.05, 4.69) is 10.5 Å². The fraction of sp³-hybridized carbons (Fsp3) is 0.222. The van der Waals surface area contributed by atoms with Crippen LogP contribution in [0.2, 0.25) is 0 Å². The molecule has 0 saturated heterocycles. The largest absolute Gasteiger partial charge is 0.505 e. The summed E-state index contributed by atoms with van der Waals surface area (Å²) < 4.78 is 26.2. The number of hydrogen-bond donors (Lipinski definition) is 2. The first-order valence-electron chi connectivity index (χ1n) is 7.78. The molecule has 1 aliphatic heterocycles. The zero-order valence-electron chi connectivity index (χ0n) is 13.2. The van der Waals surface area contributed by atoms with Gasteiger partial charge in [0.1, 0.15) is 11.9 Å². The molecule has 130 valence electrons. The van der Waals surface area contributed by atoms with Crippen LogP contribution in [0, 0.1) is 11.6 Å². The van der Waals surface area contributed by atoms with E-state index in [-0.39, 0.29) is 12.0 Å². The zero-order chi connectivity index (χ0) is 17.8. The minimum atomic E-state index is -0.713. The highest BCUT2D eigenvalue weighted by Crippen LogP contribution is 2.22. The lowest BCUT2D eigenvalue weighted by Gasteiger charge is -2.09. The van der Waals surface area contributed by atoms with Crippen molar-refractivity contribution in [3.63, 3.8) is 0 Å². The molecule has 0 radical (unpaired) electrons. The lowest BCUT2D eigenvalue weighted by atomic mass is 10.0. The molecular weight excluding hydrogens is 330 g/mol. The van der Waals surface area contributed by atoms with Crippen LogP contribution >= 0.6 is 0 Å². The molecule has 0 spiro atoms. The molecule has 0 bridgehead atoms. The Bertz CT molecular complexity index is 806. The van der Waals surface area contributed by atoms with Crippen LogP contribution in [0.25, 0.3) is 0 Å². The SMILES string of the molecule is O=C(NCCC1CC(c2ccc(O)c(F)c2)=NO1)c1ccc(F)cc1. The number of phenols is 1. The van der Waals surface area contributed by atoms with Crippen LogP contribution in [0.4, 0.5) is 8.78 Å². The van der Waals surface area contributed by atoms with Crippen molar-refractivity contribution in [3.05, 3.63) is 65.2 Å². The van der Waals surface area contributed by atoms with Crippen molar-refractivity contribution in [2.45, 2.75) is 18.9 Å². The lowest BCUT2D eigenvalue weighted by molar-refractivity contribution is 0.0767. The number of rotatable bonds is 5. The van der Waals surface area contributed by atoms with E-state index >= 15 is 0 Å². The summed E-state index contributed by atoms with van der Waals surface area (Å²) in [5.74, 6) is -1.82. The maximum Gasteiger partial charge on any atom is 0.251 e. The predicted molar refractivity (Wildman–Crippen MR) is 87.4 cm³/mol. The predicted octanol–water partition coefficient (Wildman–Crippen LogP) is 2.98. The second kappa shape index (κ2) is 7.29. The van der Waals surface area contributed by atoms with Crippen molar-refractivity contribution in [1.82, 2.24) is 5.32 Å². The molecule has 1 amide bonds. The molecule has 1 heterocycles. The summed E-state index contributed by atoms with van der Waals surface area (Å²) in [6.45, 7) is 0.369. The number of amides is 1. The van der Waals surface area contributed by atoms with E-state index in [1.807, 2.05) is 0 Å². The number of phenolic OH excluding ortho intramolecular Hbond substituents is 1. The van der Waals surface area contributed by atoms with E-state index in [0.29, 0.717) is 36.2 Å². The maximum atomic E-state index is 13.4. The van der Waals surface area contributed by atoms with Crippen molar-refractivity contribution >= 4 is 11.6 Å². The van der Waals surface area contributed by atoms with Gasteiger partial charge in [0.25, 0.3) is 5.91 Å². The summed E-state index contributed by atoms with van der Waals surface area (Å²) >= 11 is 0. The zero-order valence-corrected chi connectivity index (χ0v) is 13.2. The molecule has 0 saturated carbocycles. The molecule has 1 atom stereocenters. The third-order valence-corrected chi connectivity index (χ3v) is 3.87. The summed E-state index contributed by atoms with van der Waals surface area (Å²) in [5.41, 5.74) is 1.52. The Labute approximate surface area is 142 Å². The third kappa shape index (κ3) is 4.12. The molecule has 2 aromatic carbocycles. The monoisotopic (exact) mass is 346 g/mol. The molecule has 0 aromatic heterocycles. The number of oxime groups is 1. The van der Waals surface area contributed by atoms with Crippen molar-refractivity contribution in [1.29, 1.82) is 0 Å². The highest BCUT2D eigenvalue weighted by molar-refractivity contribution is 6.01. The Morgan fingerprint density at radius 3 is 2.72 bits per heavy atom. The Kier molecular flexibility index (Phi) is 4.92. The van der Waals surface area contributed by atoms with Crippen LogP contribution in [0.5, 0.6) is 5.75 Å². The second-order valence-corrected chi connectivity index (χ2v) is 5.69. The molecule has 1 unspecified atom stereocenters.